The summed E-state index contributed by atoms with van der Waals surface area (Å²) < 4.78 is 46.9. The second-order valence-corrected chi connectivity index (χ2v) is 10.1. The van der Waals surface area contributed by atoms with Crippen molar-refractivity contribution in [2.24, 2.45) is 0 Å². The Bertz CT molecular complexity index is 411. The van der Waals surface area contributed by atoms with Crippen molar-refractivity contribution < 1.29 is 22.7 Å². The lowest BCUT2D eigenvalue weighted by atomic mass is 10.3. The van der Waals surface area contributed by atoms with Crippen LogP contribution in [0, 0.1) is 0 Å². The smallest absolute Gasteiger partial charge is 0.380 e. The number of hydrogen-bond donors (Lipinski definition) is 1. The van der Waals surface area contributed by atoms with Crippen LogP contribution in [-0.2, 0) is 9.53 Å². The van der Waals surface area contributed by atoms with Crippen LogP contribution in [0.3, 0.4) is 0 Å². The summed E-state index contributed by atoms with van der Waals surface area (Å²) in [5.41, 5.74) is 0. The summed E-state index contributed by atoms with van der Waals surface area (Å²) in [6.45, 7) is 18.1. The molecule has 1 N–H and O–H groups in total. The molecule has 5 nitrogen and oxygen atoms in total. The average molecular weight is 430 g/mol. The molecule has 9 heteroatoms. The van der Waals surface area contributed by atoms with Gasteiger partial charge in [0.15, 0.2) is 0 Å². The van der Waals surface area contributed by atoms with Gasteiger partial charge in [0.2, 0.25) is 0 Å². The van der Waals surface area contributed by atoms with Gasteiger partial charge < -0.3 is 10.1 Å². The molecule has 0 aliphatic carbocycles. The molecular weight excluding hydrogens is 390 g/mol. The Kier molecular flexibility index (Phi) is 12.8. The first-order valence-corrected chi connectivity index (χ1v) is 11.5. The topological polar surface area (TPSA) is 44.8 Å². The van der Waals surface area contributed by atoms with Gasteiger partial charge in [-0.15, -0.1) is 0 Å². The van der Waals surface area contributed by atoms with Gasteiger partial charge >= 0.3 is 12.1 Å². The van der Waals surface area contributed by atoms with E-state index in [4.69, 9.17) is 4.74 Å². The lowest BCUT2D eigenvalue weighted by Gasteiger charge is -2.47. The fourth-order valence-electron chi connectivity index (χ4n) is 3.36. The van der Waals surface area contributed by atoms with Crippen molar-refractivity contribution in [1.29, 1.82) is 0 Å². The highest BCUT2D eigenvalue weighted by atomic mass is 31.1. The van der Waals surface area contributed by atoms with E-state index < -0.39 is 20.3 Å². The van der Waals surface area contributed by atoms with E-state index in [0.29, 0.717) is 30.8 Å². The molecule has 0 aliphatic rings. The van der Waals surface area contributed by atoms with Crippen molar-refractivity contribution in [2.75, 3.05) is 25.9 Å². The van der Waals surface area contributed by atoms with E-state index in [2.05, 4.69) is 64.7 Å². The summed E-state index contributed by atoms with van der Waals surface area (Å²) in [4.78, 5) is 10.7. The molecule has 0 unspecified atom stereocenters. The zero-order valence-electron chi connectivity index (χ0n) is 18.6. The van der Waals surface area contributed by atoms with E-state index in [1.807, 2.05) is 5.32 Å². The van der Waals surface area contributed by atoms with Gasteiger partial charge in [-0.2, -0.15) is 13.2 Å². The number of ether oxygens (including phenoxy) is 1. The first-order valence-electron chi connectivity index (χ1n) is 10.1. The number of carbonyl (C=O) groups is 1. The average Bonchev–Trinajstić information content (AvgIpc) is 2.50. The summed E-state index contributed by atoms with van der Waals surface area (Å²) >= 11 is 0. The maximum atomic E-state index is 12.1. The molecule has 0 saturated carbocycles. The van der Waals surface area contributed by atoms with Crippen molar-refractivity contribution >= 4 is 14.1 Å². The summed E-state index contributed by atoms with van der Waals surface area (Å²) in [6.07, 6.45) is -3.05. The third-order valence-corrected chi connectivity index (χ3v) is 7.72. The highest BCUT2D eigenvalue weighted by Crippen LogP contribution is 2.50. The second kappa shape index (κ2) is 13.0. The van der Waals surface area contributed by atoms with Crippen LogP contribution < -0.4 is 5.32 Å². The lowest BCUT2D eigenvalue weighted by Crippen LogP contribution is -2.43. The Labute approximate surface area is 170 Å². The highest BCUT2D eigenvalue weighted by molar-refractivity contribution is 7.52. The van der Waals surface area contributed by atoms with Gasteiger partial charge in [-0.25, -0.2) is 0 Å². The summed E-state index contributed by atoms with van der Waals surface area (Å²) in [6, 6.07) is 1.68. The lowest BCUT2D eigenvalue weighted by molar-refractivity contribution is -0.173. The van der Waals surface area contributed by atoms with Crippen molar-refractivity contribution in [1.82, 2.24) is 14.7 Å². The Hall–Kier alpha value is -0.430. The minimum absolute atomic E-state index is 0.0793. The molecule has 28 heavy (non-hydrogen) atoms. The third kappa shape index (κ3) is 9.86. The first kappa shape index (κ1) is 27.6. The SMILES string of the molecule is CC(C)N(C(C)C)P(CCCOCCNC(=O)C(F)(F)F)N(C(C)C)C(C)C. The van der Waals surface area contributed by atoms with Gasteiger partial charge in [0.05, 0.1) is 6.61 Å². The maximum Gasteiger partial charge on any atom is 0.471 e. The quantitative estimate of drug-likeness (QED) is 0.343. The fourth-order valence-corrected chi connectivity index (χ4v) is 6.60. The van der Waals surface area contributed by atoms with Crippen LogP contribution in [0.2, 0.25) is 0 Å². The maximum absolute atomic E-state index is 12.1. The predicted octanol–water partition coefficient (Wildman–Crippen LogP) is 4.62. The molecule has 0 spiro atoms. The predicted molar refractivity (Wildman–Crippen MR) is 111 cm³/mol. The third-order valence-electron chi connectivity index (χ3n) is 4.09. The van der Waals surface area contributed by atoms with Crippen LogP contribution in [0.5, 0.6) is 0 Å². The zero-order chi connectivity index (χ0) is 22.1. The van der Waals surface area contributed by atoms with Crippen molar-refractivity contribution in [2.45, 2.75) is 92.2 Å². The van der Waals surface area contributed by atoms with Crippen LogP contribution in [0.15, 0.2) is 0 Å². The number of rotatable bonds is 13. The molecule has 0 saturated heterocycles. The van der Waals surface area contributed by atoms with E-state index >= 15 is 0 Å². The number of alkyl halides is 3. The summed E-state index contributed by atoms with van der Waals surface area (Å²) in [5.74, 6) is -1.92. The fraction of sp³-hybridized carbons (Fsp3) is 0.947. The standard InChI is InChI=1S/C19H39F3N3O2P/c1-14(2)24(15(3)4)28(25(16(5)6)17(7)8)13-9-11-27-12-10-23-18(26)19(20,21)22/h14-17H,9-13H2,1-8H3,(H,23,26). The van der Waals surface area contributed by atoms with Crippen molar-refractivity contribution in [3.63, 3.8) is 0 Å². The van der Waals surface area contributed by atoms with Gasteiger partial charge in [0.25, 0.3) is 0 Å². The largest absolute Gasteiger partial charge is 0.471 e. The van der Waals surface area contributed by atoms with E-state index in [1.165, 1.54) is 0 Å². The van der Waals surface area contributed by atoms with Gasteiger partial charge in [-0.1, -0.05) is 0 Å². The van der Waals surface area contributed by atoms with Crippen molar-refractivity contribution in [3.05, 3.63) is 0 Å². The highest BCUT2D eigenvalue weighted by Gasteiger charge is 2.38. The Balaban J connectivity index is 4.68. The van der Waals surface area contributed by atoms with Gasteiger partial charge in [-0.3, -0.25) is 14.1 Å². The van der Waals surface area contributed by atoms with Crippen LogP contribution >= 0.6 is 8.22 Å². The monoisotopic (exact) mass is 429 g/mol. The summed E-state index contributed by atoms with van der Waals surface area (Å²) in [7, 11) is -0.527. The number of hydrogen-bond acceptors (Lipinski definition) is 4. The molecule has 0 radical (unpaired) electrons. The molecule has 0 aromatic carbocycles. The Morgan fingerprint density at radius 3 is 1.68 bits per heavy atom. The van der Waals surface area contributed by atoms with E-state index in [0.717, 1.165) is 12.6 Å². The molecule has 0 aliphatic heterocycles. The van der Waals surface area contributed by atoms with Crippen LogP contribution in [-0.4, -0.2) is 71.5 Å². The van der Waals surface area contributed by atoms with Crippen molar-refractivity contribution in [3.8, 4) is 0 Å². The van der Waals surface area contributed by atoms with Gasteiger partial charge in [0.1, 0.15) is 0 Å². The minimum Gasteiger partial charge on any atom is -0.380 e. The zero-order valence-corrected chi connectivity index (χ0v) is 19.5. The molecule has 0 bridgehead atoms. The Morgan fingerprint density at radius 1 is 0.893 bits per heavy atom. The minimum atomic E-state index is -4.84. The molecule has 0 aromatic rings. The van der Waals surface area contributed by atoms with E-state index in [-0.39, 0.29) is 13.2 Å². The number of amides is 1. The number of halogens is 3. The number of carbonyl (C=O) groups excluding carboxylic acids is 1. The molecule has 168 valence electrons. The number of nitrogens with one attached hydrogen (secondary N) is 1. The number of nitrogens with zero attached hydrogens (tertiary/aromatic N) is 2. The van der Waals surface area contributed by atoms with Crippen LogP contribution in [0.1, 0.15) is 61.8 Å². The van der Waals surface area contributed by atoms with Gasteiger partial charge in [-0.05, 0) is 68.0 Å². The van der Waals surface area contributed by atoms with Gasteiger partial charge in [0, 0.05) is 45.5 Å². The molecule has 1 amide bonds. The molecular formula is C19H39F3N3O2P. The normalized spacial score (nSPS) is 13.2. The van der Waals surface area contributed by atoms with E-state index in [9.17, 15) is 18.0 Å². The second-order valence-electron chi connectivity index (χ2n) is 7.95. The summed E-state index contributed by atoms with van der Waals surface area (Å²) in [5, 5.41) is 1.82. The van der Waals surface area contributed by atoms with E-state index in [1.54, 1.807) is 0 Å². The molecule has 0 fully saturated rings. The molecule has 0 atom stereocenters. The molecule has 0 aromatic heterocycles. The first-order chi connectivity index (χ1) is 12.8. The van der Waals surface area contributed by atoms with Crippen LogP contribution in [0.25, 0.3) is 0 Å². The molecule has 0 rings (SSSR count). The van der Waals surface area contributed by atoms with Crippen LogP contribution in [0.4, 0.5) is 13.2 Å². The molecule has 0 heterocycles. The Morgan fingerprint density at radius 2 is 1.32 bits per heavy atom.